The van der Waals surface area contributed by atoms with Crippen LogP contribution in [0.5, 0.6) is 0 Å². The van der Waals surface area contributed by atoms with Gasteiger partial charge in [0.2, 0.25) is 11.8 Å². The average Bonchev–Trinajstić information content (AvgIpc) is 3.58. The first-order chi connectivity index (χ1) is 25.2. The van der Waals surface area contributed by atoms with Gasteiger partial charge in [0.05, 0.1) is 24.2 Å². The summed E-state index contributed by atoms with van der Waals surface area (Å²) in [6.07, 6.45) is -12.2. The molecule has 0 unspecified atom stereocenters. The summed E-state index contributed by atoms with van der Waals surface area (Å²) in [6.45, 7) is -0.444. The number of nitrogens with zero attached hydrogens (tertiary/aromatic N) is 2. The standard InChI is InChI=1S/C36H34F8N2O7S/c1-22(47)45-17-14-23(15-18-45)31(48)46-19-16-33(21-46,54(50,51)27-12-10-26(37)11-13-27)24-6-8-25(9-7-24)34(35(39,40)41,36(42,43)44)53-20-29-28(32(49)52-2)4-3-5-30(29)38/h3-13,23H,14-21H2,1-2H3/t33-/m0/s1. The van der Waals surface area contributed by atoms with Crippen molar-refractivity contribution >= 4 is 27.6 Å². The molecule has 2 amide bonds. The zero-order valence-electron chi connectivity index (χ0n) is 28.8. The van der Waals surface area contributed by atoms with Crippen molar-refractivity contribution < 1.29 is 67.4 Å². The number of amides is 2. The Balaban J connectivity index is 1.57. The van der Waals surface area contributed by atoms with Gasteiger partial charge in [-0.3, -0.25) is 9.59 Å². The van der Waals surface area contributed by atoms with Crippen molar-refractivity contribution in [3.05, 3.63) is 101 Å². The van der Waals surface area contributed by atoms with Gasteiger partial charge in [-0.25, -0.2) is 22.0 Å². The molecule has 2 aliphatic rings. The van der Waals surface area contributed by atoms with E-state index in [9.17, 15) is 57.9 Å². The highest BCUT2D eigenvalue weighted by atomic mass is 32.2. The normalized spacial score (nSPS) is 18.9. The highest BCUT2D eigenvalue weighted by molar-refractivity contribution is 7.92. The van der Waals surface area contributed by atoms with Gasteiger partial charge in [-0.05, 0) is 61.2 Å². The number of esters is 1. The lowest BCUT2D eigenvalue weighted by Crippen LogP contribution is -2.56. The van der Waals surface area contributed by atoms with E-state index in [1.165, 1.54) is 11.8 Å². The van der Waals surface area contributed by atoms with Crippen LogP contribution in [-0.2, 0) is 45.9 Å². The lowest BCUT2D eigenvalue weighted by Gasteiger charge is -2.38. The second-order valence-corrected chi connectivity index (χ2v) is 15.3. The number of halogens is 8. The van der Waals surface area contributed by atoms with Gasteiger partial charge in [0.1, 0.15) is 16.4 Å². The van der Waals surface area contributed by atoms with E-state index >= 15 is 0 Å². The van der Waals surface area contributed by atoms with Gasteiger partial charge in [0.15, 0.2) is 9.84 Å². The lowest BCUT2D eigenvalue weighted by atomic mass is 9.88. The first-order valence-electron chi connectivity index (χ1n) is 16.5. The molecule has 0 aromatic heterocycles. The van der Waals surface area contributed by atoms with Crippen molar-refractivity contribution in [1.82, 2.24) is 9.80 Å². The minimum absolute atomic E-state index is 0.156. The number of carbonyl (C=O) groups is 3. The van der Waals surface area contributed by atoms with E-state index in [-0.39, 0.29) is 50.4 Å². The van der Waals surface area contributed by atoms with Gasteiger partial charge >= 0.3 is 18.3 Å². The average molecular weight is 791 g/mol. The third kappa shape index (κ3) is 7.17. The van der Waals surface area contributed by atoms with E-state index in [1.54, 1.807) is 4.90 Å². The molecule has 292 valence electrons. The molecule has 1 atom stereocenters. The highest BCUT2D eigenvalue weighted by Gasteiger charge is 2.73. The molecule has 54 heavy (non-hydrogen) atoms. The number of carbonyl (C=O) groups excluding carboxylic acids is 3. The molecule has 18 heteroatoms. The third-order valence-electron chi connectivity index (χ3n) is 10.0. The summed E-state index contributed by atoms with van der Waals surface area (Å²) in [5.74, 6) is -4.58. The number of ether oxygens (including phenoxy) is 2. The van der Waals surface area contributed by atoms with E-state index in [2.05, 4.69) is 9.47 Å². The molecule has 3 aromatic rings. The van der Waals surface area contributed by atoms with Crippen molar-refractivity contribution in [2.75, 3.05) is 33.3 Å². The molecule has 0 spiro atoms. The van der Waals surface area contributed by atoms with Crippen LogP contribution < -0.4 is 0 Å². The number of piperidine rings is 1. The monoisotopic (exact) mass is 790 g/mol. The van der Waals surface area contributed by atoms with E-state index in [0.717, 1.165) is 55.6 Å². The summed E-state index contributed by atoms with van der Waals surface area (Å²) in [5.41, 5.74) is -8.53. The van der Waals surface area contributed by atoms with Crippen LogP contribution in [0, 0.1) is 17.6 Å². The van der Waals surface area contributed by atoms with Crippen molar-refractivity contribution in [2.24, 2.45) is 5.92 Å². The van der Waals surface area contributed by atoms with Crippen LogP contribution >= 0.6 is 0 Å². The SMILES string of the molecule is COC(=O)c1cccc(F)c1COC(c1ccc([C@]2(S(=O)(=O)c3ccc(F)cc3)CCN(C(=O)C3CCN(C(C)=O)CC3)C2)cc1)(C(F)(F)F)C(F)(F)F. The molecule has 0 radical (unpaired) electrons. The van der Waals surface area contributed by atoms with Gasteiger partial charge in [-0.1, -0.05) is 30.3 Å². The Labute approximate surface area is 304 Å². The molecule has 0 bridgehead atoms. The summed E-state index contributed by atoms with van der Waals surface area (Å²) < 4.78 is 153. The Morgan fingerprint density at radius 2 is 1.43 bits per heavy atom. The fraction of sp³-hybridized carbons (Fsp3) is 0.417. The van der Waals surface area contributed by atoms with Crippen LogP contribution in [0.1, 0.15) is 53.2 Å². The van der Waals surface area contributed by atoms with Crippen molar-refractivity contribution in [3.8, 4) is 0 Å². The predicted molar refractivity (Wildman–Crippen MR) is 174 cm³/mol. The maximum absolute atomic E-state index is 14.8. The second kappa shape index (κ2) is 14.9. The Hall–Kier alpha value is -4.58. The number of sulfone groups is 1. The number of rotatable bonds is 9. The van der Waals surface area contributed by atoms with Crippen LogP contribution in [0.3, 0.4) is 0 Å². The van der Waals surface area contributed by atoms with Gasteiger partial charge in [0.25, 0.3) is 5.60 Å². The number of methoxy groups -OCH3 is 1. The van der Waals surface area contributed by atoms with E-state index < -0.39 is 96.7 Å². The van der Waals surface area contributed by atoms with Gasteiger partial charge in [-0.2, -0.15) is 26.3 Å². The number of hydrogen-bond acceptors (Lipinski definition) is 7. The minimum atomic E-state index is -6.24. The summed E-state index contributed by atoms with van der Waals surface area (Å²) >= 11 is 0. The minimum Gasteiger partial charge on any atom is -0.465 e. The smallest absolute Gasteiger partial charge is 0.430 e. The molecular formula is C36H34F8N2O7S. The van der Waals surface area contributed by atoms with E-state index in [1.807, 2.05) is 0 Å². The highest BCUT2D eigenvalue weighted by Crippen LogP contribution is 2.54. The number of alkyl halides is 6. The predicted octanol–water partition coefficient (Wildman–Crippen LogP) is 6.45. The zero-order valence-corrected chi connectivity index (χ0v) is 29.6. The topological polar surface area (TPSA) is 110 Å². The summed E-state index contributed by atoms with van der Waals surface area (Å²) in [6, 6.07) is 8.57. The van der Waals surface area contributed by atoms with Crippen LogP contribution in [-0.4, -0.2) is 81.6 Å². The largest absolute Gasteiger partial charge is 0.465 e. The van der Waals surface area contributed by atoms with Crippen molar-refractivity contribution in [3.63, 3.8) is 0 Å². The molecule has 0 saturated carbocycles. The Morgan fingerprint density at radius 1 is 0.833 bits per heavy atom. The van der Waals surface area contributed by atoms with E-state index in [4.69, 9.17) is 0 Å². The maximum atomic E-state index is 14.8. The third-order valence-corrected chi connectivity index (χ3v) is 12.5. The van der Waals surface area contributed by atoms with Crippen molar-refractivity contribution in [2.45, 2.75) is 60.4 Å². The fourth-order valence-corrected chi connectivity index (χ4v) is 9.13. The Kier molecular flexibility index (Phi) is 11.2. The molecule has 5 rings (SSSR count). The Morgan fingerprint density at radius 3 is 1.96 bits per heavy atom. The first kappa shape index (κ1) is 40.6. The number of likely N-dealkylation sites (tertiary alicyclic amines) is 2. The van der Waals surface area contributed by atoms with Crippen LogP contribution in [0.2, 0.25) is 0 Å². The number of hydrogen-bond donors (Lipinski definition) is 0. The summed E-state index contributed by atoms with van der Waals surface area (Å²) in [5, 5.41) is 0. The molecule has 2 saturated heterocycles. The van der Waals surface area contributed by atoms with Crippen LogP contribution in [0.4, 0.5) is 35.1 Å². The fourth-order valence-electron chi connectivity index (χ4n) is 7.05. The molecule has 0 N–H and O–H groups in total. The molecule has 0 aliphatic carbocycles. The van der Waals surface area contributed by atoms with Gasteiger partial charge < -0.3 is 19.3 Å². The molecule has 2 aliphatic heterocycles. The quantitative estimate of drug-likeness (QED) is 0.139. The number of benzene rings is 3. The molecular weight excluding hydrogens is 756 g/mol. The molecule has 2 fully saturated rings. The summed E-state index contributed by atoms with van der Waals surface area (Å²) in [4.78, 5) is 40.0. The Bertz CT molecular complexity index is 1980. The van der Waals surface area contributed by atoms with Gasteiger partial charge in [0, 0.05) is 50.1 Å². The van der Waals surface area contributed by atoms with Gasteiger partial charge in [-0.15, -0.1) is 0 Å². The molecule has 3 aromatic carbocycles. The summed E-state index contributed by atoms with van der Waals surface area (Å²) in [7, 11) is -3.76. The van der Waals surface area contributed by atoms with E-state index in [0.29, 0.717) is 18.2 Å². The molecule has 9 nitrogen and oxygen atoms in total. The second-order valence-electron chi connectivity index (χ2n) is 13.0. The first-order valence-corrected chi connectivity index (χ1v) is 18.0. The zero-order chi connectivity index (χ0) is 39.9. The molecule has 2 heterocycles. The lowest BCUT2D eigenvalue weighted by molar-refractivity contribution is -0.392. The van der Waals surface area contributed by atoms with Crippen LogP contribution in [0.15, 0.2) is 71.6 Å². The van der Waals surface area contributed by atoms with Crippen molar-refractivity contribution in [1.29, 1.82) is 0 Å². The maximum Gasteiger partial charge on any atom is 0.430 e. The van der Waals surface area contributed by atoms with Crippen LogP contribution in [0.25, 0.3) is 0 Å².